The molecule has 0 saturated heterocycles. The second-order valence-electron chi connectivity index (χ2n) is 4.39. The van der Waals surface area contributed by atoms with E-state index in [1.165, 1.54) is 6.20 Å². The Hall–Kier alpha value is -1.42. The molecule has 1 aromatic rings. The van der Waals surface area contributed by atoms with Gasteiger partial charge >= 0.3 is 0 Å². The minimum atomic E-state index is -0.488. The highest BCUT2D eigenvalue weighted by molar-refractivity contribution is 6.00. The Bertz CT molecular complexity index is 377. The van der Waals surface area contributed by atoms with Crippen LogP contribution in [-0.4, -0.2) is 23.4 Å². The maximum Gasteiger partial charge on any atom is 0.181 e. The van der Waals surface area contributed by atoms with Gasteiger partial charge in [-0.15, -0.1) is 0 Å². The zero-order chi connectivity index (χ0) is 12.8. The Balaban J connectivity index is 2.80. The maximum atomic E-state index is 12.0. The number of ether oxygens (including phenoxy) is 1. The molecule has 1 aromatic heterocycles. The molecular formula is C13H20N2O2. The first-order valence-electron chi connectivity index (χ1n) is 5.94. The number of Topliss-reactive ketones (excluding diaryl/α,β-unsaturated/α-hetero) is 1. The molecule has 0 bridgehead atoms. The highest BCUT2D eigenvalue weighted by Crippen LogP contribution is 2.14. The van der Waals surface area contributed by atoms with Crippen LogP contribution in [-0.2, 0) is 0 Å². The molecule has 1 unspecified atom stereocenters. The Morgan fingerprint density at radius 1 is 1.47 bits per heavy atom. The van der Waals surface area contributed by atoms with Crippen LogP contribution in [0.15, 0.2) is 18.5 Å². The van der Waals surface area contributed by atoms with E-state index in [0.717, 1.165) is 6.42 Å². The van der Waals surface area contributed by atoms with Crippen molar-refractivity contribution in [1.29, 1.82) is 0 Å². The Kier molecular flexibility index (Phi) is 5.10. The van der Waals surface area contributed by atoms with E-state index in [0.29, 0.717) is 17.9 Å². The minimum absolute atomic E-state index is 0.0885. The number of aromatic nitrogens is 1. The molecule has 1 rings (SSSR count). The molecule has 0 saturated carbocycles. The van der Waals surface area contributed by atoms with E-state index < -0.39 is 6.04 Å². The van der Waals surface area contributed by atoms with Crippen LogP contribution in [0, 0.1) is 5.92 Å². The van der Waals surface area contributed by atoms with Crippen LogP contribution in [0.5, 0.6) is 5.75 Å². The third-order valence-electron chi connectivity index (χ3n) is 2.49. The summed E-state index contributed by atoms with van der Waals surface area (Å²) in [5, 5.41) is 0. The summed E-state index contributed by atoms with van der Waals surface area (Å²) in [4.78, 5) is 16.0. The van der Waals surface area contributed by atoms with Crippen molar-refractivity contribution in [3.05, 3.63) is 24.0 Å². The molecule has 94 valence electrons. The Labute approximate surface area is 102 Å². The fraction of sp³-hybridized carbons (Fsp3) is 0.538. The van der Waals surface area contributed by atoms with Crippen LogP contribution >= 0.6 is 0 Å². The third kappa shape index (κ3) is 3.82. The first kappa shape index (κ1) is 13.6. The predicted octanol–water partition coefficient (Wildman–Crippen LogP) is 2.04. The molecule has 0 radical (unpaired) electrons. The minimum Gasteiger partial charge on any atom is -0.492 e. The van der Waals surface area contributed by atoms with Gasteiger partial charge in [-0.2, -0.15) is 0 Å². The molecule has 17 heavy (non-hydrogen) atoms. The van der Waals surface area contributed by atoms with Gasteiger partial charge in [0.15, 0.2) is 5.78 Å². The SMILES string of the molecule is CCCOc1cncc(C(=O)C(N)C(C)C)c1. The van der Waals surface area contributed by atoms with Crippen LogP contribution in [0.3, 0.4) is 0 Å². The molecule has 0 aliphatic rings. The van der Waals surface area contributed by atoms with Crippen molar-refractivity contribution >= 4 is 5.78 Å². The van der Waals surface area contributed by atoms with Crippen LogP contribution in [0.1, 0.15) is 37.6 Å². The highest BCUT2D eigenvalue weighted by Gasteiger charge is 2.19. The zero-order valence-corrected chi connectivity index (χ0v) is 10.6. The van der Waals surface area contributed by atoms with E-state index in [9.17, 15) is 4.79 Å². The van der Waals surface area contributed by atoms with E-state index >= 15 is 0 Å². The topological polar surface area (TPSA) is 65.2 Å². The van der Waals surface area contributed by atoms with Crippen molar-refractivity contribution in [2.75, 3.05) is 6.61 Å². The molecule has 0 aliphatic carbocycles. The summed E-state index contributed by atoms with van der Waals surface area (Å²) >= 11 is 0. The summed E-state index contributed by atoms with van der Waals surface area (Å²) in [6.45, 7) is 6.49. The van der Waals surface area contributed by atoms with Crippen molar-refractivity contribution < 1.29 is 9.53 Å². The summed E-state index contributed by atoms with van der Waals surface area (Å²) in [5.74, 6) is 0.644. The van der Waals surface area contributed by atoms with Crippen LogP contribution < -0.4 is 10.5 Å². The Morgan fingerprint density at radius 3 is 2.76 bits per heavy atom. The van der Waals surface area contributed by atoms with Gasteiger partial charge < -0.3 is 10.5 Å². The quantitative estimate of drug-likeness (QED) is 0.767. The number of carbonyl (C=O) groups excluding carboxylic acids is 1. The molecule has 0 spiro atoms. The summed E-state index contributed by atoms with van der Waals surface area (Å²) in [7, 11) is 0. The number of pyridine rings is 1. The third-order valence-corrected chi connectivity index (χ3v) is 2.49. The lowest BCUT2D eigenvalue weighted by Gasteiger charge is -2.14. The standard InChI is InChI=1S/C13H20N2O2/c1-4-5-17-11-6-10(7-15-8-11)13(16)12(14)9(2)3/h6-9,12H,4-5,14H2,1-3H3. The van der Waals surface area contributed by atoms with E-state index in [1.807, 2.05) is 20.8 Å². The number of carbonyl (C=O) groups is 1. The first-order chi connectivity index (χ1) is 8.06. The first-order valence-corrected chi connectivity index (χ1v) is 5.94. The Morgan fingerprint density at radius 2 is 2.18 bits per heavy atom. The van der Waals surface area contributed by atoms with Gasteiger partial charge in [0.1, 0.15) is 5.75 Å². The van der Waals surface area contributed by atoms with Crippen LogP contribution in [0.2, 0.25) is 0 Å². The van der Waals surface area contributed by atoms with Gasteiger partial charge in [-0.25, -0.2) is 0 Å². The predicted molar refractivity (Wildman–Crippen MR) is 67.2 cm³/mol. The summed E-state index contributed by atoms with van der Waals surface area (Å²) < 4.78 is 5.43. The van der Waals surface area contributed by atoms with Crippen LogP contribution in [0.25, 0.3) is 0 Å². The lowest BCUT2D eigenvalue weighted by molar-refractivity contribution is 0.0939. The molecular weight excluding hydrogens is 216 g/mol. The van der Waals surface area contributed by atoms with Crippen molar-refractivity contribution in [2.45, 2.75) is 33.2 Å². The van der Waals surface area contributed by atoms with Gasteiger partial charge in [0.05, 0.1) is 18.8 Å². The van der Waals surface area contributed by atoms with Crippen molar-refractivity contribution in [1.82, 2.24) is 4.98 Å². The van der Waals surface area contributed by atoms with Gasteiger partial charge in [0.25, 0.3) is 0 Å². The molecule has 2 N–H and O–H groups in total. The molecule has 0 aromatic carbocycles. The van der Waals surface area contributed by atoms with Crippen molar-refractivity contribution in [2.24, 2.45) is 11.7 Å². The number of rotatable bonds is 6. The molecule has 4 heteroatoms. The number of nitrogens with two attached hydrogens (primary N) is 1. The zero-order valence-electron chi connectivity index (χ0n) is 10.6. The highest BCUT2D eigenvalue weighted by atomic mass is 16.5. The maximum absolute atomic E-state index is 12.0. The molecule has 1 heterocycles. The molecule has 0 fully saturated rings. The van der Waals surface area contributed by atoms with E-state index in [-0.39, 0.29) is 11.7 Å². The lowest BCUT2D eigenvalue weighted by Crippen LogP contribution is -2.35. The van der Waals surface area contributed by atoms with E-state index in [1.54, 1.807) is 12.3 Å². The van der Waals surface area contributed by atoms with Crippen LogP contribution in [0.4, 0.5) is 0 Å². The second kappa shape index (κ2) is 6.35. The average Bonchev–Trinajstić information content (AvgIpc) is 2.34. The van der Waals surface area contributed by atoms with Gasteiger partial charge in [0, 0.05) is 11.8 Å². The van der Waals surface area contributed by atoms with Crippen molar-refractivity contribution in [3.8, 4) is 5.75 Å². The number of ketones is 1. The monoisotopic (exact) mass is 236 g/mol. The van der Waals surface area contributed by atoms with Gasteiger partial charge in [-0.3, -0.25) is 9.78 Å². The average molecular weight is 236 g/mol. The van der Waals surface area contributed by atoms with Crippen molar-refractivity contribution in [3.63, 3.8) is 0 Å². The summed E-state index contributed by atoms with van der Waals surface area (Å²) in [6, 6.07) is 1.21. The molecule has 4 nitrogen and oxygen atoms in total. The smallest absolute Gasteiger partial charge is 0.181 e. The second-order valence-corrected chi connectivity index (χ2v) is 4.39. The van der Waals surface area contributed by atoms with Gasteiger partial charge in [-0.1, -0.05) is 20.8 Å². The van der Waals surface area contributed by atoms with E-state index in [4.69, 9.17) is 10.5 Å². The normalized spacial score (nSPS) is 12.5. The lowest BCUT2D eigenvalue weighted by atomic mass is 9.97. The number of nitrogens with zero attached hydrogens (tertiary/aromatic N) is 1. The number of hydrogen-bond donors (Lipinski definition) is 1. The fourth-order valence-electron chi connectivity index (χ4n) is 1.35. The fourth-order valence-corrected chi connectivity index (χ4v) is 1.35. The van der Waals surface area contributed by atoms with E-state index in [2.05, 4.69) is 4.98 Å². The summed E-state index contributed by atoms with van der Waals surface area (Å²) in [5.41, 5.74) is 6.34. The molecule has 0 amide bonds. The molecule has 1 atom stereocenters. The largest absolute Gasteiger partial charge is 0.492 e. The number of hydrogen-bond acceptors (Lipinski definition) is 4. The van der Waals surface area contributed by atoms with Gasteiger partial charge in [-0.05, 0) is 18.4 Å². The van der Waals surface area contributed by atoms with Gasteiger partial charge in [0.2, 0.25) is 0 Å². The summed E-state index contributed by atoms with van der Waals surface area (Å²) in [6.07, 6.45) is 4.06. The molecule has 0 aliphatic heterocycles.